The van der Waals surface area contributed by atoms with Gasteiger partial charge in [-0.2, -0.15) is 0 Å². The van der Waals surface area contributed by atoms with Crippen molar-refractivity contribution in [2.75, 3.05) is 0 Å². The summed E-state index contributed by atoms with van der Waals surface area (Å²) in [5, 5.41) is 0. The Labute approximate surface area is 114 Å². The maximum absolute atomic E-state index is 6.08. The van der Waals surface area contributed by atoms with Gasteiger partial charge in [0, 0.05) is 5.54 Å². The number of aromatic nitrogens is 2. The van der Waals surface area contributed by atoms with E-state index in [2.05, 4.69) is 55.4 Å². The van der Waals surface area contributed by atoms with E-state index in [-0.39, 0.29) is 5.54 Å². The number of para-hydroxylation sites is 1. The molecule has 98 valence electrons. The Morgan fingerprint density at radius 3 is 2.67 bits per heavy atom. The van der Waals surface area contributed by atoms with Crippen molar-refractivity contribution < 1.29 is 0 Å². The van der Waals surface area contributed by atoms with Gasteiger partial charge >= 0.3 is 0 Å². The Morgan fingerprint density at radius 2 is 2.06 bits per heavy atom. The minimum absolute atomic E-state index is 0.0554. The van der Waals surface area contributed by atoms with Gasteiger partial charge in [-0.05, 0) is 38.8 Å². The average molecular weight is 265 g/mol. The lowest BCUT2D eigenvalue weighted by atomic mass is 9.97. The number of benzene rings is 1. The lowest BCUT2D eigenvalue weighted by molar-refractivity contribution is 0.326. The van der Waals surface area contributed by atoms with Gasteiger partial charge in [-0.1, -0.05) is 25.5 Å². The highest BCUT2D eigenvalue weighted by Crippen LogP contribution is 2.31. The second-order valence-electron chi connectivity index (χ2n) is 5.50. The van der Waals surface area contributed by atoms with Crippen LogP contribution in [0.1, 0.15) is 45.0 Å². The Balaban J connectivity index is 2.74. The molecule has 0 aliphatic heterocycles. The Morgan fingerprint density at radius 1 is 1.33 bits per heavy atom. The third-order valence-electron chi connectivity index (χ3n) is 3.53. The number of halogens is 1. The molecule has 1 heterocycles. The first kappa shape index (κ1) is 13.4. The molecule has 0 saturated heterocycles. The summed E-state index contributed by atoms with van der Waals surface area (Å²) in [5.41, 5.74) is 3.60. The van der Waals surface area contributed by atoms with Gasteiger partial charge in [0.05, 0.1) is 16.9 Å². The van der Waals surface area contributed by atoms with Crippen LogP contribution in [0.15, 0.2) is 18.2 Å². The molecule has 2 rings (SSSR count). The summed E-state index contributed by atoms with van der Waals surface area (Å²) >= 11 is 6.08. The summed E-state index contributed by atoms with van der Waals surface area (Å²) in [6, 6.07) is 6.26. The van der Waals surface area contributed by atoms with Crippen molar-refractivity contribution in [3.63, 3.8) is 0 Å². The van der Waals surface area contributed by atoms with Crippen LogP contribution in [0.2, 0.25) is 0 Å². The highest BCUT2D eigenvalue weighted by Gasteiger charge is 2.25. The molecule has 2 nitrogen and oxygen atoms in total. The van der Waals surface area contributed by atoms with E-state index in [9.17, 15) is 0 Å². The lowest BCUT2D eigenvalue weighted by Crippen LogP contribution is -2.27. The number of hydrogen-bond donors (Lipinski definition) is 0. The van der Waals surface area contributed by atoms with Gasteiger partial charge in [-0.25, -0.2) is 4.98 Å². The molecule has 18 heavy (non-hydrogen) atoms. The van der Waals surface area contributed by atoms with Crippen molar-refractivity contribution in [1.29, 1.82) is 0 Å². The number of fused-ring (bicyclic) bond motifs is 1. The number of alkyl halides is 1. The number of rotatable bonds is 4. The van der Waals surface area contributed by atoms with Crippen LogP contribution in [0.4, 0.5) is 0 Å². The Kier molecular flexibility index (Phi) is 3.67. The van der Waals surface area contributed by atoms with Gasteiger partial charge in [0.15, 0.2) is 0 Å². The fourth-order valence-electron chi connectivity index (χ4n) is 2.81. The number of imidazole rings is 1. The number of hydrogen-bond acceptors (Lipinski definition) is 1. The SMILES string of the molecule is CCCC(C)(C)n1c(CCl)nc2cccc(C)c21. The van der Waals surface area contributed by atoms with Crippen LogP contribution in [0, 0.1) is 6.92 Å². The van der Waals surface area contributed by atoms with E-state index in [0.29, 0.717) is 5.88 Å². The Bertz CT molecular complexity index is 555. The monoisotopic (exact) mass is 264 g/mol. The summed E-state index contributed by atoms with van der Waals surface area (Å²) < 4.78 is 2.33. The minimum Gasteiger partial charge on any atom is -0.321 e. The van der Waals surface area contributed by atoms with E-state index in [1.165, 1.54) is 11.1 Å². The second-order valence-corrected chi connectivity index (χ2v) is 5.77. The maximum atomic E-state index is 6.08. The molecule has 0 N–H and O–H groups in total. The van der Waals surface area contributed by atoms with Crippen LogP contribution in [-0.2, 0) is 11.4 Å². The largest absolute Gasteiger partial charge is 0.321 e. The Hall–Kier alpha value is -1.02. The smallest absolute Gasteiger partial charge is 0.125 e. The summed E-state index contributed by atoms with van der Waals surface area (Å²) in [6.45, 7) is 8.88. The molecule has 2 aromatic rings. The summed E-state index contributed by atoms with van der Waals surface area (Å²) in [4.78, 5) is 4.67. The number of nitrogens with zero attached hydrogens (tertiary/aromatic N) is 2. The molecule has 0 aliphatic carbocycles. The van der Waals surface area contributed by atoms with Gasteiger partial charge in [-0.3, -0.25) is 0 Å². The molecule has 0 unspecified atom stereocenters. The fraction of sp³-hybridized carbons (Fsp3) is 0.533. The van der Waals surface area contributed by atoms with E-state index in [4.69, 9.17) is 11.6 Å². The minimum atomic E-state index is 0.0554. The topological polar surface area (TPSA) is 17.8 Å². The van der Waals surface area contributed by atoms with Gasteiger partial charge in [0.1, 0.15) is 5.82 Å². The summed E-state index contributed by atoms with van der Waals surface area (Å²) in [5.74, 6) is 1.43. The normalized spacial score (nSPS) is 12.3. The molecule has 0 fully saturated rings. The molecule has 0 aliphatic rings. The van der Waals surface area contributed by atoms with Crippen molar-refractivity contribution in [3.8, 4) is 0 Å². The second kappa shape index (κ2) is 4.93. The quantitative estimate of drug-likeness (QED) is 0.737. The van der Waals surface area contributed by atoms with Crippen LogP contribution in [-0.4, -0.2) is 9.55 Å². The predicted octanol–water partition coefficient (Wildman–Crippen LogP) is 4.62. The first-order chi connectivity index (χ1) is 8.51. The first-order valence-corrected chi connectivity index (χ1v) is 7.08. The molecule has 1 aromatic heterocycles. The third-order valence-corrected chi connectivity index (χ3v) is 3.77. The summed E-state index contributed by atoms with van der Waals surface area (Å²) in [6.07, 6.45) is 2.27. The van der Waals surface area contributed by atoms with Gasteiger partial charge < -0.3 is 4.57 Å². The van der Waals surface area contributed by atoms with E-state index in [0.717, 1.165) is 24.2 Å². The molecule has 0 bridgehead atoms. The van der Waals surface area contributed by atoms with Crippen molar-refractivity contribution >= 4 is 22.6 Å². The lowest BCUT2D eigenvalue weighted by Gasteiger charge is -2.29. The highest BCUT2D eigenvalue weighted by molar-refractivity contribution is 6.16. The van der Waals surface area contributed by atoms with Crippen molar-refractivity contribution in [2.24, 2.45) is 0 Å². The molecule has 0 saturated carbocycles. The average Bonchev–Trinajstić information content (AvgIpc) is 2.69. The van der Waals surface area contributed by atoms with Gasteiger partial charge in [-0.15, -0.1) is 11.6 Å². The zero-order valence-electron chi connectivity index (χ0n) is 11.6. The number of aryl methyl sites for hydroxylation is 1. The van der Waals surface area contributed by atoms with Crippen LogP contribution in [0.5, 0.6) is 0 Å². The molecule has 1 aromatic carbocycles. The molecule has 0 amide bonds. The maximum Gasteiger partial charge on any atom is 0.125 e. The zero-order valence-corrected chi connectivity index (χ0v) is 12.4. The van der Waals surface area contributed by atoms with Gasteiger partial charge in [0.2, 0.25) is 0 Å². The van der Waals surface area contributed by atoms with E-state index >= 15 is 0 Å². The van der Waals surface area contributed by atoms with E-state index in [1.807, 2.05) is 0 Å². The highest BCUT2D eigenvalue weighted by atomic mass is 35.5. The van der Waals surface area contributed by atoms with Crippen molar-refractivity contribution in [2.45, 2.75) is 52.0 Å². The zero-order chi connectivity index (χ0) is 13.3. The standard InChI is InChI=1S/C15H21ClN2/c1-5-9-15(3,4)18-13(10-16)17-12-8-6-7-11(2)14(12)18/h6-8H,5,9-10H2,1-4H3. The van der Waals surface area contributed by atoms with E-state index in [1.54, 1.807) is 0 Å². The first-order valence-electron chi connectivity index (χ1n) is 6.54. The molecule has 0 radical (unpaired) electrons. The predicted molar refractivity (Wildman–Crippen MR) is 78.3 cm³/mol. The molecule has 3 heteroatoms. The van der Waals surface area contributed by atoms with Gasteiger partial charge in [0.25, 0.3) is 0 Å². The third kappa shape index (κ3) is 2.14. The van der Waals surface area contributed by atoms with E-state index < -0.39 is 0 Å². The van der Waals surface area contributed by atoms with Crippen LogP contribution in [0.3, 0.4) is 0 Å². The van der Waals surface area contributed by atoms with Crippen molar-refractivity contribution in [3.05, 3.63) is 29.6 Å². The van der Waals surface area contributed by atoms with Crippen LogP contribution >= 0.6 is 11.6 Å². The van der Waals surface area contributed by atoms with Crippen LogP contribution < -0.4 is 0 Å². The van der Waals surface area contributed by atoms with Crippen LogP contribution in [0.25, 0.3) is 11.0 Å². The molecular formula is C15H21ClN2. The fourth-order valence-corrected chi connectivity index (χ4v) is 2.99. The van der Waals surface area contributed by atoms with Crippen molar-refractivity contribution in [1.82, 2.24) is 9.55 Å². The molecular weight excluding hydrogens is 244 g/mol. The molecule has 0 atom stereocenters. The molecule has 0 spiro atoms. The summed E-state index contributed by atoms with van der Waals surface area (Å²) in [7, 11) is 0.